The fraction of sp³-hybridized carbons (Fsp3) is 0.300. The maximum atomic E-state index is 11.6. The molecule has 1 aromatic rings. The summed E-state index contributed by atoms with van der Waals surface area (Å²) in [5.41, 5.74) is 0. The molecule has 14 heavy (non-hydrogen) atoms. The van der Waals surface area contributed by atoms with E-state index in [0.29, 0.717) is 0 Å². The number of hydrogen-bond acceptors (Lipinski definition) is 3. The third kappa shape index (κ3) is 3.05. The van der Waals surface area contributed by atoms with Gasteiger partial charge in [0.2, 0.25) is 0 Å². The van der Waals surface area contributed by atoms with Crippen LogP contribution in [-0.2, 0) is 8.63 Å². The summed E-state index contributed by atoms with van der Waals surface area (Å²) in [5.74, 6) is 0.705. The van der Waals surface area contributed by atoms with Crippen molar-refractivity contribution in [3.63, 3.8) is 0 Å². The summed E-state index contributed by atoms with van der Waals surface area (Å²) < 4.78 is 17.3. The Morgan fingerprint density at radius 2 is 1.93 bits per heavy atom. The minimum absolute atomic E-state index is 0.0270. The number of carbonyl (C=O) groups is 1. The third-order valence-corrected chi connectivity index (χ3v) is 4.73. The Morgan fingerprint density at radius 1 is 1.36 bits per heavy atom. The zero-order valence-corrected chi connectivity index (χ0v) is 9.86. The monoisotopic (exact) mass is 262 g/mol. The zero-order valence-electron chi connectivity index (χ0n) is 8.15. The van der Waals surface area contributed by atoms with Crippen LogP contribution in [0.25, 0.3) is 0 Å². The molecule has 3 nitrogen and oxygen atoms in total. The molecule has 0 N–H and O–H groups in total. The molecule has 0 fully saturated rings. The van der Waals surface area contributed by atoms with E-state index in [2.05, 4.69) is 0 Å². The SMILES string of the molecule is COc1ccc([Se](=O)[13CH2][13C](C)=O)cc1. The molecule has 0 spiro atoms. The van der Waals surface area contributed by atoms with Crippen LogP contribution in [0.3, 0.4) is 0 Å². The molecule has 1 rings (SSSR count). The Balaban J connectivity index is 2.76. The van der Waals surface area contributed by atoms with E-state index in [-0.39, 0.29) is 11.1 Å². The number of rotatable bonds is 4. The summed E-state index contributed by atoms with van der Waals surface area (Å²) in [4.78, 5) is 10.8. The molecule has 0 amide bonds. The van der Waals surface area contributed by atoms with Gasteiger partial charge < -0.3 is 0 Å². The van der Waals surface area contributed by atoms with E-state index in [1.165, 1.54) is 6.92 Å². The number of carbonyl (C=O) groups excluding carboxylic acids is 1. The van der Waals surface area contributed by atoms with E-state index < -0.39 is 13.8 Å². The Kier molecular flexibility index (Phi) is 3.98. The molecule has 0 radical (unpaired) electrons. The first-order chi connectivity index (χ1) is 6.63. The summed E-state index contributed by atoms with van der Waals surface area (Å²) in [5, 5.41) is 0.173. The molecule has 1 unspecified atom stereocenters. The van der Waals surface area contributed by atoms with Crippen molar-refractivity contribution in [3.05, 3.63) is 24.3 Å². The molecule has 0 aromatic heterocycles. The normalized spacial score (nSPS) is 12.1. The third-order valence-electron chi connectivity index (χ3n) is 1.66. The van der Waals surface area contributed by atoms with E-state index in [9.17, 15) is 8.63 Å². The van der Waals surface area contributed by atoms with Crippen molar-refractivity contribution in [2.75, 3.05) is 7.11 Å². The van der Waals surface area contributed by atoms with Gasteiger partial charge in [-0.1, -0.05) is 0 Å². The van der Waals surface area contributed by atoms with Crippen molar-refractivity contribution < 1.29 is 13.4 Å². The number of methoxy groups -OCH3 is 1. The number of ether oxygens (including phenoxy) is 1. The zero-order chi connectivity index (χ0) is 10.6. The van der Waals surface area contributed by atoms with Crippen molar-refractivity contribution in [1.82, 2.24) is 0 Å². The molecule has 0 saturated heterocycles. The summed E-state index contributed by atoms with van der Waals surface area (Å²) in [6, 6.07) is 7.01. The Hall–Kier alpha value is -0.991. The fourth-order valence-corrected chi connectivity index (χ4v) is 3.04. The van der Waals surface area contributed by atoms with Crippen LogP contribution in [0.15, 0.2) is 24.3 Å². The van der Waals surface area contributed by atoms with Crippen LogP contribution < -0.4 is 9.20 Å². The van der Waals surface area contributed by atoms with E-state index >= 15 is 0 Å². The summed E-state index contributed by atoms with van der Waals surface area (Å²) in [6.07, 6.45) is 0. The topological polar surface area (TPSA) is 43.4 Å². The van der Waals surface area contributed by atoms with E-state index in [4.69, 9.17) is 4.74 Å². The van der Waals surface area contributed by atoms with Crippen LogP contribution in [0.1, 0.15) is 6.92 Å². The molecule has 0 aliphatic carbocycles. The van der Waals surface area contributed by atoms with Crippen molar-refractivity contribution in [1.29, 1.82) is 0 Å². The van der Waals surface area contributed by atoms with Crippen LogP contribution in [-0.4, -0.2) is 26.7 Å². The molecule has 0 bridgehead atoms. The molecule has 0 heterocycles. The molecule has 4 heteroatoms. The Labute approximate surface area is 87.2 Å². The first-order valence-corrected chi connectivity index (χ1v) is 6.92. The van der Waals surface area contributed by atoms with Crippen LogP contribution >= 0.6 is 0 Å². The first kappa shape index (κ1) is 11.1. The van der Waals surface area contributed by atoms with Crippen molar-refractivity contribution in [2.24, 2.45) is 0 Å². The summed E-state index contributed by atoms with van der Waals surface area (Å²) in [6.45, 7) is 1.46. The van der Waals surface area contributed by atoms with E-state index in [1.807, 2.05) is 0 Å². The number of benzene rings is 1. The molecule has 1 atom stereocenters. The molecule has 0 saturated carbocycles. The predicted molar refractivity (Wildman–Crippen MR) is 54.6 cm³/mol. The number of ketones is 1. The summed E-state index contributed by atoms with van der Waals surface area (Å²) in [7, 11) is 1.58. The van der Waals surface area contributed by atoms with E-state index in [1.54, 1.807) is 31.4 Å². The second-order valence-corrected chi connectivity index (χ2v) is 5.91. The minimum atomic E-state index is -2.17. The van der Waals surface area contributed by atoms with Crippen molar-refractivity contribution in [3.8, 4) is 5.75 Å². The van der Waals surface area contributed by atoms with Gasteiger partial charge in [0.05, 0.1) is 0 Å². The molecule has 0 aliphatic heterocycles. The Morgan fingerprint density at radius 3 is 2.36 bits per heavy atom. The molecule has 76 valence electrons. The van der Waals surface area contributed by atoms with Crippen LogP contribution in [0, 0.1) is 0 Å². The molecule has 1 aromatic carbocycles. The van der Waals surface area contributed by atoms with Gasteiger partial charge in [0.1, 0.15) is 0 Å². The predicted octanol–water partition coefficient (Wildman–Crippen LogP) is 0.913. The van der Waals surface area contributed by atoms with Gasteiger partial charge in [-0.3, -0.25) is 0 Å². The van der Waals surface area contributed by atoms with Gasteiger partial charge in [0.25, 0.3) is 0 Å². The van der Waals surface area contributed by atoms with Gasteiger partial charge in [-0.25, -0.2) is 0 Å². The number of hydrogen-bond donors (Lipinski definition) is 0. The number of Topliss-reactive ketones (excluding diaryl/α,β-unsaturated/α-hetero) is 1. The summed E-state index contributed by atoms with van der Waals surface area (Å²) >= 11 is -2.17. The van der Waals surface area contributed by atoms with Gasteiger partial charge in [-0.2, -0.15) is 0 Å². The van der Waals surface area contributed by atoms with Crippen LogP contribution in [0.2, 0.25) is 5.32 Å². The Bertz CT molecular complexity index is 343. The standard InChI is InChI=1S/C10H12O3Se/c1-8(11)7-14(12)10-5-3-9(13-2)4-6-10/h3-6H,7H2,1-2H3/i7+1,8+1. The van der Waals surface area contributed by atoms with Gasteiger partial charge in [-0.05, 0) is 0 Å². The molecular weight excluding hydrogens is 249 g/mol. The molecule has 0 aliphatic rings. The van der Waals surface area contributed by atoms with Gasteiger partial charge in [0, 0.05) is 0 Å². The van der Waals surface area contributed by atoms with Crippen molar-refractivity contribution >= 4 is 24.1 Å². The second kappa shape index (κ2) is 5.03. The molecular formula is C10H12O3Se. The average Bonchev–Trinajstić information content (AvgIpc) is 2.17. The second-order valence-electron chi connectivity index (χ2n) is 2.87. The average molecular weight is 261 g/mol. The van der Waals surface area contributed by atoms with Crippen LogP contribution in [0.4, 0.5) is 0 Å². The first-order valence-electron chi connectivity index (χ1n) is 4.15. The fourth-order valence-electron chi connectivity index (χ4n) is 0.995. The van der Waals surface area contributed by atoms with Gasteiger partial charge >= 0.3 is 86.8 Å². The quantitative estimate of drug-likeness (QED) is 0.597. The van der Waals surface area contributed by atoms with Gasteiger partial charge in [-0.15, -0.1) is 0 Å². The van der Waals surface area contributed by atoms with Crippen molar-refractivity contribution in [2.45, 2.75) is 12.2 Å². The van der Waals surface area contributed by atoms with Crippen LogP contribution in [0.5, 0.6) is 5.75 Å². The van der Waals surface area contributed by atoms with Gasteiger partial charge in [0.15, 0.2) is 0 Å². The van der Waals surface area contributed by atoms with E-state index in [0.717, 1.165) is 10.2 Å². The maximum absolute atomic E-state index is 11.6.